The number of hydrogen-bond donors (Lipinski definition) is 1. The van der Waals surface area contributed by atoms with Crippen LogP contribution in [0.4, 0.5) is 0 Å². The molecule has 0 aliphatic carbocycles. The van der Waals surface area contributed by atoms with Crippen LogP contribution in [0.2, 0.25) is 0 Å². The number of carbonyl (C=O) groups is 1. The van der Waals surface area contributed by atoms with E-state index in [-0.39, 0.29) is 5.91 Å². The Kier molecular flexibility index (Phi) is 3.39. The van der Waals surface area contributed by atoms with E-state index in [9.17, 15) is 4.79 Å². The summed E-state index contributed by atoms with van der Waals surface area (Å²) in [6.07, 6.45) is 2.34. The maximum absolute atomic E-state index is 12.6. The molecular weight excluding hydrogens is 304 g/mol. The van der Waals surface area contributed by atoms with E-state index in [2.05, 4.69) is 21.2 Å². The number of halogens is 1. The highest BCUT2D eigenvalue weighted by molar-refractivity contribution is 9.10. The molecule has 1 N–H and O–H groups in total. The number of hydrogen-bond acceptors (Lipinski definition) is 2. The summed E-state index contributed by atoms with van der Waals surface area (Å²) in [5, 5.41) is 3.43. The summed E-state index contributed by atoms with van der Waals surface area (Å²) in [7, 11) is 0. The summed E-state index contributed by atoms with van der Waals surface area (Å²) >= 11 is 3.50. The summed E-state index contributed by atoms with van der Waals surface area (Å²) in [5.41, 5.74) is 2.21. The second kappa shape index (κ2) is 4.91. The van der Waals surface area contributed by atoms with Gasteiger partial charge in [0.25, 0.3) is 5.91 Å². The van der Waals surface area contributed by atoms with Gasteiger partial charge in [-0.1, -0.05) is 22.0 Å². The van der Waals surface area contributed by atoms with Crippen molar-refractivity contribution in [3.05, 3.63) is 33.8 Å². The molecule has 1 atom stereocenters. The molecule has 0 aromatic heterocycles. The Morgan fingerprint density at radius 1 is 1.42 bits per heavy atom. The topological polar surface area (TPSA) is 32.3 Å². The second-order valence-corrected chi connectivity index (χ2v) is 6.67. The van der Waals surface area contributed by atoms with Gasteiger partial charge in [-0.05, 0) is 44.0 Å². The SMILES string of the molecule is Cc1c(Br)cccc1C(=O)N1CCC2(CCNC2)C1. The van der Waals surface area contributed by atoms with E-state index in [0.717, 1.165) is 48.2 Å². The van der Waals surface area contributed by atoms with E-state index in [0.29, 0.717) is 5.41 Å². The highest BCUT2D eigenvalue weighted by Crippen LogP contribution is 2.36. The van der Waals surface area contributed by atoms with Gasteiger partial charge in [-0.3, -0.25) is 4.79 Å². The van der Waals surface area contributed by atoms with Crippen LogP contribution in [-0.4, -0.2) is 37.0 Å². The molecule has 3 rings (SSSR count). The molecule has 19 heavy (non-hydrogen) atoms. The van der Waals surface area contributed by atoms with Crippen molar-refractivity contribution < 1.29 is 4.79 Å². The molecule has 0 radical (unpaired) electrons. The van der Waals surface area contributed by atoms with Crippen molar-refractivity contribution in [1.29, 1.82) is 0 Å². The number of nitrogens with one attached hydrogen (secondary N) is 1. The number of amides is 1. The van der Waals surface area contributed by atoms with Gasteiger partial charge in [0.2, 0.25) is 0 Å². The quantitative estimate of drug-likeness (QED) is 0.862. The molecule has 1 spiro atoms. The standard InChI is InChI=1S/C15H19BrN2O/c1-11-12(3-2-4-13(11)16)14(19)18-8-6-15(10-18)5-7-17-9-15/h2-4,17H,5-10H2,1H3. The molecule has 1 amide bonds. The molecule has 0 saturated carbocycles. The fourth-order valence-electron chi connectivity index (χ4n) is 3.26. The molecule has 2 aliphatic rings. The maximum Gasteiger partial charge on any atom is 0.254 e. The molecule has 1 aromatic rings. The number of likely N-dealkylation sites (tertiary alicyclic amines) is 1. The smallest absolute Gasteiger partial charge is 0.254 e. The van der Waals surface area contributed by atoms with Crippen LogP contribution < -0.4 is 5.32 Å². The van der Waals surface area contributed by atoms with Crippen LogP contribution in [0, 0.1) is 12.3 Å². The number of nitrogens with zero attached hydrogens (tertiary/aromatic N) is 1. The molecule has 2 aliphatic heterocycles. The normalized spacial score (nSPS) is 26.3. The lowest BCUT2D eigenvalue weighted by Gasteiger charge is -2.23. The van der Waals surface area contributed by atoms with Gasteiger partial charge >= 0.3 is 0 Å². The first-order valence-corrected chi connectivity index (χ1v) is 7.66. The van der Waals surface area contributed by atoms with Crippen molar-refractivity contribution in [2.45, 2.75) is 19.8 Å². The lowest BCUT2D eigenvalue weighted by molar-refractivity contribution is 0.0775. The summed E-state index contributed by atoms with van der Waals surface area (Å²) in [6.45, 7) is 5.96. The van der Waals surface area contributed by atoms with E-state index in [4.69, 9.17) is 0 Å². The fraction of sp³-hybridized carbons (Fsp3) is 0.533. The van der Waals surface area contributed by atoms with Crippen LogP contribution in [0.1, 0.15) is 28.8 Å². The van der Waals surface area contributed by atoms with Crippen molar-refractivity contribution in [1.82, 2.24) is 10.2 Å². The zero-order valence-corrected chi connectivity index (χ0v) is 12.8. The van der Waals surface area contributed by atoms with Crippen LogP contribution in [0.15, 0.2) is 22.7 Å². The third kappa shape index (κ3) is 2.32. The Labute approximate surface area is 122 Å². The minimum absolute atomic E-state index is 0.183. The van der Waals surface area contributed by atoms with Crippen LogP contribution >= 0.6 is 15.9 Å². The molecule has 4 heteroatoms. The van der Waals surface area contributed by atoms with Crippen molar-refractivity contribution in [3.63, 3.8) is 0 Å². The molecule has 2 fully saturated rings. The monoisotopic (exact) mass is 322 g/mol. The van der Waals surface area contributed by atoms with Crippen LogP contribution in [-0.2, 0) is 0 Å². The zero-order chi connectivity index (χ0) is 13.5. The van der Waals surface area contributed by atoms with Crippen LogP contribution in [0.5, 0.6) is 0 Å². The molecular formula is C15H19BrN2O. The number of rotatable bonds is 1. The minimum atomic E-state index is 0.183. The van der Waals surface area contributed by atoms with Gasteiger partial charge in [-0.25, -0.2) is 0 Å². The fourth-order valence-corrected chi connectivity index (χ4v) is 3.63. The van der Waals surface area contributed by atoms with Crippen molar-refractivity contribution in [2.75, 3.05) is 26.2 Å². The lowest BCUT2D eigenvalue weighted by Crippen LogP contribution is -2.33. The van der Waals surface area contributed by atoms with Crippen molar-refractivity contribution in [3.8, 4) is 0 Å². The Morgan fingerprint density at radius 3 is 3.00 bits per heavy atom. The molecule has 102 valence electrons. The Bertz CT molecular complexity index is 509. The molecule has 2 saturated heterocycles. The first kappa shape index (κ1) is 13.1. The first-order valence-electron chi connectivity index (χ1n) is 6.86. The predicted molar refractivity (Wildman–Crippen MR) is 79.3 cm³/mol. The summed E-state index contributed by atoms with van der Waals surface area (Å²) < 4.78 is 1.01. The van der Waals surface area contributed by atoms with Crippen molar-refractivity contribution in [2.24, 2.45) is 5.41 Å². The van der Waals surface area contributed by atoms with Crippen LogP contribution in [0.25, 0.3) is 0 Å². The third-order valence-corrected chi connectivity index (χ3v) is 5.41. The molecule has 3 nitrogen and oxygen atoms in total. The summed E-state index contributed by atoms with van der Waals surface area (Å²) in [4.78, 5) is 14.7. The maximum atomic E-state index is 12.6. The predicted octanol–water partition coefficient (Wildman–Crippen LogP) is 2.58. The zero-order valence-electron chi connectivity index (χ0n) is 11.2. The highest BCUT2D eigenvalue weighted by Gasteiger charge is 2.42. The number of carbonyl (C=O) groups excluding carboxylic acids is 1. The van der Waals surface area contributed by atoms with Gasteiger partial charge in [0.1, 0.15) is 0 Å². The van der Waals surface area contributed by atoms with Crippen molar-refractivity contribution >= 4 is 21.8 Å². The van der Waals surface area contributed by atoms with Gasteiger partial charge < -0.3 is 10.2 Å². The number of benzene rings is 1. The largest absolute Gasteiger partial charge is 0.338 e. The lowest BCUT2D eigenvalue weighted by atomic mass is 9.86. The van der Waals surface area contributed by atoms with Gasteiger partial charge in [-0.15, -0.1) is 0 Å². The van der Waals surface area contributed by atoms with Gasteiger partial charge in [0.15, 0.2) is 0 Å². The van der Waals surface area contributed by atoms with Gasteiger partial charge in [0, 0.05) is 35.1 Å². The summed E-state index contributed by atoms with van der Waals surface area (Å²) in [6, 6.07) is 5.85. The van der Waals surface area contributed by atoms with E-state index in [1.165, 1.54) is 6.42 Å². The first-order chi connectivity index (χ1) is 9.11. The third-order valence-electron chi connectivity index (χ3n) is 4.56. The Morgan fingerprint density at radius 2 is 2.26 bits per heavy atom. The van der Waals surface area contributed by atoms with Crippen LogP contribution in [0.3, 0.4) is 0 Å². The summed E-state index contributed by atoms with van der Waals surface area (Å²) in [5.74, 6) is 0.183. The Balaban J connectivity index is 1.80. The average molecular weight is 323 g/mol. The average Bonchev–Trinajstić information content (AvgIpc) is 3.03. The minimum Gasteiger partial charge on any atom is -0.338 e. The van der Waals surface area contributed by atoms with Gasteiger partial charge in [0.05, 0.1) is 0 Å². The van der Waals surface area contributed by atoms with E-state index in [1.54, 1.807) is 0 Å². The second-order valence-electron chi connectivity index (χ2n) is 5.82. The Hall–Kier alpha value is -0.870. The highest BCUT2D eigenvalue weighted by atomic mass is 79.9. The molecule has 1 unspecified atom stereocenters. The molecule has 2 heterocycles. The van der Waals surface area contributed by atoms with E-state index >= 15 is 0 Å². The van der Waals surface area contributed by atoms with E-state index < -0.39 is 0 Å². The molecule has 1 aromatic carbocycles. The van der Waals surface area contributed by atoms with Gasteiger partial charge in [-0.2, -0.15) is 0 Å². The molecule has 0 bridgehead atoms. The van der Waals surface area contributed by atoms with E-state index in [1.807, 2.05) is 30.0 Å².